The van der Waals surface area contributed by atoms with Crippen molar-refractivity contribution in [3.05, 3.63) is 84.4 Å². The first-order valence-corrected chi connectivity index (χ1v) is 9.16. The van der Waals surface area contributed by atoms with E-state index in [1.54, 1.807) is 0 Å². The fourth-order valence-corrected chi connectivity index (χ4v) is 4.05. The Morgan fingerprint density at radius 3 is 2.31 bits per heavy atom. The molecule has 1 nitrogen and oxygen atoms in total. The van der Waals surface area contributed by atoms with Crippen molar-refractivity contribution in [2.24, 2.45) is 0 Å². The lowest BCUT2D eigenvalue weighted by Crippen LogP contribution is -1.94. The van der Waals surface area contributed by atoms with Gasteiger partial charge in [-0.05, 0) is 51.6 Å². The summed E-state index contributed by atoms with van der Waals surface area (Å²) in [6.07, 6.45) is 0. The first kappa shape index (κ1) is 15.2. The van der Waals surface area contributed by atoms with Gasteiger partial charge in [-0.2, -0.15) is 0 Å². The van der Waals surface area contributed by atoms with Gasteiger partial charge in [-0.25, -0.2) is 0 Å². The molecule has 126 valence electrons. The number of rotatable bonds is 2. The molecule has 0 aliphatic carbocycles. The van der Waals surface area contributed by atoms with Crippen molar-refractivity contribution in [3.8, 4) is 11.1 Å². The van der Waals surface area contributed by atoms with Crippen LogP contribution in [0.4, 0.5) is 0 Å². The molecule has 0 aliphatic rings. The van der Waals surface area contributed by atoms with E-state index >= 15 is 0 Å². The second kappa shape index (κ2) is 5.74. The zero-order chi connectivity index (χ0) is 17.7. The Bertz CT molecular complexity index is 1260. The summed E-state index contributed by atoms with van der Waals surface area (Å²) in [6, 6.07) is 27.9. The smallest absolute Gasteiger partial charge is 0.135 e. The monoisotopic (exact) mass is 336 g/mol. The molecule has 0 spiro atoms. The fraction of sp³-hybridized carbons (Fsp3) is 0.120. The van der Waals surface area contributed by atoms with Crippen molar-refractivity contribution in [1.82, 2.24) is 0 Å². The molecule has 0 N–H and O–H groups in total. The molecule has 5 rings (SSSR count). The third-order valence-corrected chi connectivity index (χ3v) is 5.22. The molecule has 5 aromatic rings. The van der Waals surface area contributed by atoms with E-state index in [4.69, 9.17) is 4.42 Å². The van der Waals surface area contributed by atoms with Gasteiger partial charge in [-0.1, -0.05) is 74.5 Å². The van der Waals surface area contributed by atoms with Gasteiger partial charge >= 0.3 is 0 Å². The second-order valence-electron chi connectivity index (χ2n) is 7.21. The van der Waals surface area contributed by atoms with Crippen LogP contribution in [0.15, 0.2) is 83.3 Å². The first-order valence-electron chi connectivity index (χ1n) is 9.16. The molecule has 0 aliphatic heterocycles. The number of furan rings is 1. The van der Waals surface area contributed by atoms with E-state index in [0.717, 1.165) is 11.2 Å². The van der Waals surface area contributed by atoms with E-state index in [1.165, 1.54) is 38.2 Å². The largest absolute Gasteiger partial charge is 0.456 e. The summed E-state index contributed by atoms with van der Waals surface area (Å²) in [5, 5.41) is 5.00. The lowest BCUT2D eigenvalue weighted by molar-refractivity contribution is 0.668. The summed E-state index contributed by atoms with van der Waals surface area (Å²) in [5.41, 5.74) is 5.85. The molecule has 0 radical (unpaired) electrons. The molecule has 0 saturated heterocycles. The Morgan fingerprint density at radius 2 is 1.46 bits per heavy atom. The maximum Gasteiger partial charge on any atom is 0.135 e. The van der Waals surface area contributed by atoms with E-state index in [0.29, 0.717) is 5.92 Å². The van der Waals surface area contributed by atoms with Crippen LogP contribution in [0.3, 0.4) is 0 Å². The highest BCUT2D eigenvalue weighted by molar-refractivity contribution is 6.09. The predicted octanol–water partition coefficient (Wildman–Crippen LogP) is 7.53. The van der Waals surface area contributed by atoms with Gasteiger partial charge in [0.15, 0.2) is 0 Å². The van der Waals surface area contributed by atoms with Gasteiger partial charge in [-0.15, -0.1) is 0 Å². The lowest BCUT2D eigenvalue weighted by Gasteiger charge is -2.15. The molecule has 0 unspecified atom stereocenters. The number of para-hydroxylation sites is 1. The molecule has 1 heteroatoms. The molecule has 1 aromatic heterocycles. The molecule has 26 heavy (non-hydrogen) atoms. The summed E-state index contributed by atoms with van der Waals surface area (Å²) >= 11 is 0. The van der Waals surface area contributed by atoms with Crippen LogP contribution in [0.2, 0.25) is 0 Å². The minimum atomic E-state index is 0.404. The quantitative estimate of drug-likeness (QED) is 0.325. The summed E-state index contributed by atoms with van der Waals surface area (Å²) in [5.74, 6) is 0.404. The molecular formula is C25H20O. The van der Waals surface area contributed by atoms with E-state index in [2.05, 4.69) is 86.6 Å². The van der Waals surface area contributed by atoms with Crippen LogP contribution in [0.5, 0.6) is 0 Å². The standard InChI is InChI=1S/C25H20O/c1-16(2)24-20(19-12-11-17-7-3-4-8-18(17)15-19)13-14-23-25(24)21-9-5-6-10-22(21)26-23/h3-16H,1-2H3. The van der Waals surface area contributed by atoms with E-state index in [1.807, 2.05) is 6.07 Å². The normalized spacial score (nSPS) is 11.8. The number of hydrogen-bond acceptors (Lipinski definition) is 1. The van der Waals surface area contributed by atoms with Crippen molar-refractivity contribution in [2.45, 2.75) is 19.8 Å². The highest BCUT2D eigenvalue weighted by Crippen LogP contribution is 2.40. The predicted molar refractivity (Wildman–Crippen MR) is 111 cm³/mol. The second-order valence-corrected chi connectivity index (χ2v) is 7.21. The summed E-state index contributed by atoms with van der Waals surface area (Å²) in [6.45, 7) is 4.53. The summed E-state index contributed by atoms with van der Waals surface area (Å²) in [7, 11) is 0. The summed E-state index contributed by atoms with van der Waals surface area (Å²) in [4.78, 5) is 0. The van der Waals surface area contributed by atoms with Gasteiger partial charge in [0.1, 0.15) is 11.2 Å². The van der Waals surface area contributed by atoms with Gasteiger partial charge in [0.05, 0.1) is 0 Å². The Morgan fingerprint density at radius 1 is 0.692 bits per heavy atom. The minimum Gasteiger partial charge on any atom is -0.456 e. The number of benzene rings is 4. The van der Waals surface area contributed by atoms with Crippen molar-refractivity contribution < 1.29 is 4.42 Å². The Kier molecular flexibility index (Phi) is 3.36. The molecule has 1 heterocycles. The topological polar surface area (TPSA) is 13.1 Å². The maximum atomic E-state index is 6.10. The summed E-state index contributed by atoms with van der Waals surface area (Å²) < 4.78 is 6.10. The van der Waals surface area contributed by atoms with Crippen molar-refractivity contribution in [1.29, 1.82) is 0 Å². The zero-order valence-electron chi connectivity index (χ0n) is 15.0. The van der Waals surface area contributed by atoms with Gasteiger partial charge < -0.3 is 4.42 Å². The highest BCUT2D eigenvalue weighted by atomic mass is 16.3. The third kappa shape index (κ3) is 2.24. The van der Waals surface area contributed by atoms with Crippen LogP contribution in [-0.4, -0.2) is 0 Å². The average Bonchev–Trinajstić information content (AvgIpc) is 3.05. The number of fused-ring (bicyclic) bond motifs is 4. The first-order chi connectivity index (χ1) is 12.7. The highest BCUT2D eigenvalue weighted by Gasteiger charge is 2.18. The van der Waals surface area contributed by atoms with E-state index in [9.17, 15) is 0 Å². The zero-order valence-corrected chi connectivity index (χ0v) is 15.0. The fourth-order valence-electron chi connectivity index (χ4n) is 4.05. The van der Waals surface area contributed by atoms with E-state index < -0.39 is 0 Å². The third-order valence-electron chi connectivity index (χ3n) is 5.22. The minimum absolute atomic E-state index is 0.404. The van der Waals surface area contributed by atoms with Crippen molar-refractivity contribution in [3.63, 3.8) is 0 Å². The van der Waals surface area contributed by atoms with Gasteiger partial charge in [-0.3, -0.25) is 0 Å². The van der Waals surface area contributed by atoms with Gasteiger partial charge in [0.2, 0.25) is 0 Å². The van der Waals surface area contributed by atoms with Crippen molar-refractivity contribution >= 4 is 32.7 Å². The van der Waals surface area contributed by atoms with Gasteiger partial charge in [0.25, 0.3) is 0 Å². The molecule has 0 fully saturated rings. The Labute approximate surface area is 152 Å². The van der Waals surface area contributed by atoms with Crippen LogP contribution in [-0.2, 0) is 0 Å². The average molecular weight is 336 g/mol. The molecule has 0 bridgehead atoms. The Balaban J connectivity index is 1.86. The van der Waals surface area contributed by atoms with Gasteiger partial charge in [0, 0.05) is 10.8 Å². The Hall–Kier alpha value is -3.06. The molecular weight excluding hydrogens is 316 g/mol. The molecule has 0 saturated carbocycles. The van der Waals surface area contributed by atoms with Crippen LogP contribution in [0.1, 0.15) is 25.3 Å². The number of hydrogen-bond donors (Lipinski definition) is 0. The SMILES string of the molecule is CC(C)c1c(-c2ccc3ccccc3c2)ccc2oc3ccccc3c12. The molecule has 0 atom stereocenters. The van der Waals surface area contributed by atoms with Crippen LogP contribution in [0, 0.1) is 0 Å². The lowest BCUT2D eigenvalue weighted by atomic mass is 9.88. The van der Waals surface area contributed by atoms with Crippen LogP contribution in [0.25, 0.3) is 43.8 Å². The maximum absolute atomic E-state index is 6.10. The van der Waals surface area contributed by atoms with Crippen molar-refractivity contribution in [2.75, 3.05) is 0 Å². The molecule has 0 amide bonds. The van der Waals surface area contributed by atoms with Crippen LogP contribution >= 0.6 is 0 Å². The van der Waals surface area contributed by atoms with Crippen LogP contribution < -0.4 is 0 Å². The van der Waals surface area contributed by atoms with E-state index in [-0.39, 0.29) is 0 Å². The molecule has 4 aromatic carbocycles.